The van der Waals surface area contributed by atoms with Crippen LogP contribution in [0.2, 0.25) is 0 Å². The Kier molecular flexibility index (Phi) is 5.06. The van der Waals surface area contributed by atoms with Crippen LogP contribution >= 0.6 is 11.8 Å². The van der Waals surface area contributed by atoms with E-state index in [9.17, 15) is 0 Å². The van der Waals surface area contributed by atoms with Gasteiger partial charge >= 0.3 is 0 Å². The minimum Gasteiger partial charge on any atom is -0.304 e. The minimum atomic E-state index is 0.246. The Morgan fingerprint density at radius 3 is 2.50 bits per heavy atom. The average molecular weight is 181 g/mol. The SMILES string of the molecule is CSC(C)=N/C=C(/C#N)C(C)=N. The summed E-state index contributed by atoms with van der Waals surface area (Å²) in [6.07, 6.45) is 3.34. The molecule has 0 fully saturated rings. The van der Waals surface area contributed by atoms with Gasteiger partial charge in [0.05, 0.1) is 10.6 Å². The zero-order valence-corrected chi connectivity index (χ0v) is 8.20. The van der Waals surface area contributed by atoms with Crippen molar-refractivity contribution >= 4 is 22.5 Å². The molecular formula is C8H11N3S. The molecule has 0 radical (unpaired) electrons. The van der Waals surface area contributed by atoms with E-state index in [1.165, 1.54) is 18.0 Å². The van der Waals surface area contributed by atoms with E-state index in [0.717, 1.165) is 5.04 Å². The van der Waals surface area contributed by atoms with Crippen LogP contribution in [-0.4, -0.2) is 17.0 Å². The molecule has 0 bridgehead atoms. The molecule has 12 heavy (non-hydrogen) atoms. The van der Waals surface area contributed by atoms with Crippen LogP contribution < -0.4 is 0 Å². The maximum absolute atomic E-state index is 8.55. The lowest BCUT2D eigenvalue weighted by Gasteiger charge is -1.91. The van der Waals surface area contributed by atoms with E-state index in [1.54, 1.807) is 6.92 Å². The van der Waals surface area contributed by atoms with E-state index in [2.05, 4.69) is 4.99 Å². The molecule has 0 aromatic carbocycles. The van der Waals surface area contributed by atoms with Gasteiger partial charge in [-0.2, -0.15) is 5.26 Å². The molecule has 0 aliphatic carbocycles. The zero-order valence-electron chi connectivity index (χ0n) is 7.38. The quantitative estimate of drug-likeness (QED) is 0.403. The van der Waals surface area contributed by atoms with Gasteiger partial charge in [0.1, 0.15) is 6.07 Å². The topological polar surface area (TPSA) is 60.0 Å². The highest BCUT2D eigenvalue weighted by Crippen LogP contribution is 2.00. The molecule has 0 saturated carbocycles. The number of nitriles is 1. The van der Waals surface area contributed by atoms with E-state index in [4.69, 9.17) is 10.7 Å². The van der Waals surface area contributed by atoms with Gasteiger partial charge in [-0.1, -0.05) is 0 Å². The van der Waals surface area contributed by atoms with Gasteiger partial charge in [0.15, 0.2) is 0 Å². The summed E-state index contributed by atoms with van der Waals surface area (Å²) in [5, 5.41) is 16.6. The molecule has 0 spiro atoms. The standard InChI is InChI=1S/C8H11N3S/c1-6(10)8(4-9)5-11-7(2)12-3/h5,10H,1-3H3/b8-5-,10-6?,11-7?. The highest BCUT2D eigenvalue weighted by Gasteiger charge is 1.95. The Morgan fingerprint density at radius 2 is 2.17 bits per heavy atom. The highest BCUT2D eigenvalue weighted by atomic mass is 32.2. The molecule has 0 aliphatic heterocycles. The van der Waals surface area contributed by atoms with Gasteiger partial charge in [-0.3, -0.25) is 4.99 Å². The first-order chi connectivity index (χ1) is 5.61. The summed E-state index contributed by atoms with van der Waals surface area (Å²) in [5.74, 6) is 0. The first kappa shape index (κ1) is 10.9. The van der Waals surface area contributed by atoms with Crippen molar-refractivity contribution in [3.8, 4) is 6.07 Å². The van der Waals surface area contributed by atoms with E-state index in [0.29, 0.717) is 5.57 Å². The summed E-state index contributed by atoms with van der Waals surface area (Å²) in [7, 11) is 0. The monoisotopic (exact) mass is 181 g/mol. The lowest BCUT2D eigenvalue weighted by Crippen LogP contribution is -1.91. The summed E-state index contributed by atoms with van der Waals surface area (Å²) in [6, 6.07) is 1.90. The fourth-order valence-electron chi connectivity index (χ4n) is 0.418. The zero-order chi connectivity index (χ0) is 9.56. The maximum Gasteiger partial charge on any atom is 0.103 e. The lowest BCUT2D eigenvalue weighted by molar-refractivity contribution is 1.41. The minimum absolute atomic E-state index is 0.246. The molecule has 0 atom stereocenters. The van der Waals surface area contributed by atoms with Gasteiger partial charge in [0.2, 0.25) is 0 Å². The Bertz CT molecular complexity index is 271. The van der Waals surface area contributed by atoms with Crippen molar-refractivity contribution in [3.63, 3.8) is 0 Å². The molecule has 0 aromatic rings. The molecule has 0 rings (SSSR count). The number of hydrogen-bond acceptors (Lipinski definition) is 4. The molecule has 4 heteroatoms. The van der Waals surface area contributed by atoms with Crippen molar-refractivity contribution in [1.82, 2.24) is 0 Å². The van der Waals surface area contributed by atoms with E-state index < -0.39 is 0 Å². The summed E-state index contributed by atoms with van der Waals surface area (Å²) in [6.45, 7) is 3.43. The molecule has 0 unspecified atom stereocenters. The number of rotatable bonds is 2. The van der Waals surface area contributed by atoms with Crippen LogP contribution in [-0.2, 0) is 0 Å². The maximum atomic E-state index is 8.55. The summed E-state index contributed by atoms with van der Waals surface area (Å²) >= 11 is 1.51. The van der Waals surface area contributed by atoms with Gasteiger partial charge in [0, 0.05) is 11.9 Å². The average Bonchev–Trinajstić information content (AvgIpc) is 2.04. The number of allylic oxidation sites excluding steroid dienone is 1. The third kappa shape index (κ3) is 3.94. The highest BCUT2D eigenvalue weighted by molar-refractivity contribution is 8.13. The number of thioether (sulfide) groups is 1. The third-order valence-corrected chi connectivity index (χ3v) is 1.89. The van der Waals surface area contributed by atoms with Gasteiger partial charge < -0.3 is 5.41 Å². The number of nitrogens with one attached hydrogen (secondary N) is 1. The largest absolute Gasteiger partial charge is 0.304 e. The lowest BCUT2D eigenvalue weighted by atomic mass is 10.2. The molecule has 1 N–H and O–H groups in total. The molecule has 0 saturated heterocycles. The van der Waals surface area contributed by atoms with Crippen LogP contribution in [0.25, 0.3) is 0 Å². The van der Waals surface area contributed by atoms with Crippen molar-refractivity contribution in [2.75, 3.05) is 6.26 Å². The van der Waals surface area contributed by atoms with Gasteiger partial charge in [-0.15, -0.1) is 11.8 Å². The van der Waals surface area contributed by atoms with Crippen LogP contribution in [0.1, 0.15) is 13.8 Å². The Morgan fingerprint density at radius 1 is 1.58 bits per heavy atom. The third-order valence-electron chi connectivity index (χ3n) is 1.20. The van der Waals surface area contributed by atoms with E-state index >= 15 is 0 Å². The van der Waals surface area contributed by atoms with E-state index in [-0.39, 0.29) is 5.71 Å². The van der Waals surface area contributed by atoms with Crippen LogP contribution in [0.3, 0.4) is 0 Å². The van der Waals surface area contributed by atoms with Crippen LogP contribution in [0.4, 0.5) is 0 Å². The molecule has 0 aliphatic rings. The molecule has 64 valence electrons. The second-order valence-electron chi connectivity index (χ2n) is 2.13. The Labute approximate surface area is 76.7 Å². The van der Waals surface area contributed by atoms with Crippen LogP contribution in [0, 0.1) is 16.7 Å². The normalized spacial score (nSPS) is 12.5. The van der Waals surface area contributed by atoms with Gasteiger partial charge in [0.25, 0.3) is 0 Å². The summed E-state index contributed by atoms with van der Waals surface area (Å²) < 4.78 is 0. The van der Waals surface area contributed by atoms with Crippen molar-refractivity contribution in [2.45, 2.75) is 13.8 Å². The summed E-state index contributed by atoms with van der Waals surface area (Å²) in [5.41, 5.74) is 0.554. The van der Waals surface area contributed by atoms with Crippen molar-refractivity contribution in [2.24, 2.45) is 4.99 Å². The second-order valence-corrected chi connectivity index (χ2v) is 3.13. The fourth-order valence-corrected chi connectivity index (χ4v) is 0.576. The molecular weight excluding hydrogens is 170 g/mol. The Hall–Kier alpha value is -1.08. The predicted molar refractivity (Wildman–Crippen MR) is 53.7 cm³/mol. The van der Waals surface area contributed by atoms with Gasteiger partial charge in [-0.25, -0.2) is 0 Å². The molecule has 0 heterocycles. The second kappa shape index (κ2) is 5.56. The van der Waals surface area contributed by atoms with Crippen LogP contribution in [0.15, 0.2) is 16.8 Å². The number of nitrogens with zero attached hydrogens (tertiary/aromatic N) is 2. The number of aliphatic imine (C=N–C) groups is 1. The van der Waals surface area contributed by atoms with E-state index in [1.807, 2.05) is 19.2 Å². The molecule has 0 amide bonds. The Balaban J connectivity index is 4.55. The molecule has 0 aromatic heterocycles. The first-order valence-corrected chi connectivity index (χ1v) is 4.58. The smallest absolute Gasteiger partial charge is 0.103 e. The summed E-state index contributed by atoms with van der Waals surface area (Å²) in [4.78, 5) is 3.99. The first-order valence-electron chi connectivity index (χ1n) is 3.36. The fraction of sp³-hybridized carbons (Fsp3) is 0.375. The molecule has 3 nitrogen and oxygen atoms in total. The van der Waals surface area contributed by atoms with Crippen LogP contribution in [0.5, 0.6) is 0 Å². The van der Waals surface area contributed by atoms with Crippen molar-refractivity contribution in [3.05, 3.63) is 11.8 Å². The predicted octanol–water partition coefficient (Wildman–Crippen LogP) is 2.21. The van der Waals surface area contributed by atoms with Crippen molar-refractivity contribution < 1.29 is 0 Å². The van der Waals surface area contributed by atoms with Gasteiger partial charge in [-0.05, 0) is 20.1 Å². The van der Waals surface area contributed by atoms with Crippen molar-refractivity contribution in [1.29, 1.82) is 10.7 Å². The number of hydrogen-bond donors (Lipinski definition) is 1.